The second-order valence-electron chi connectivity index (χ2n) is 3.87. The fourth-order valence-corrected chi connectivity index (χ4v) is 1.71. The molecule has 0 spiro atoms. The van der Waals surface area contributed by atoms with E-state index in [0.29, 0.717) is 13.0 Å². The number of hydrogen-bond donors (Lipinski definition) is 2. The maximum atomic E-state index is 11.1. The molecule has 0 radical (unpaired) electrons. The number of nitrogens with two attached hydrogens (primary N) is 1. The summed E-state index contributed by atoms with van der Waals surface area (Å²) in [5.41, 5.74) is 7.46. The van der Waals surface area contributed by atoms with E-state index in [9.17, 15) is 4.79 Å². The molecule has 1 aromatic rings. The van der Waals surface area contributed by atoms with Crippen LogP contribution in [0.1, 0.15) is 31.5 Å². The minimum Gasteiger partial charge on any atom is -0.368 e. The van der Waals surface area contributed by atoms with Crippen LogP contribution in [-0.4, -0.2) is 21.7 Å². The third-order valence-electron chi connectivity index (χ3n) is 2.62. The number of carbonyl (C=O) groups excluding carboxylic acids is 1. The number of primary amides is 1. The zero-order valence-electron chi connectivity index (χ0n) is 10.2. The minimum absolute atomic E-state index is 0.259. The lowest BCUT2D eigenvalue weighted by Crippen LogP contribution is -2.40. The van der Waals surface area contributed by atoms with Gasteiger partial charge < -0.3 is 11.1 Å². The van der Waals surface area contributed by atoms with E-state index in [-0.39, 0.29) is 11.9 Å². The number of aryl methyl sites for hydroxylation is 2. The lowest BCUT2D eigenvalue weighted by molar-refractivity contribution is -0.120. The molecule has 5 nitrogen and oxygen atoms in total. The second kappa shape index (κ2) is 5.65. The molecule has 0 aromatic carbocycles. The van der Waals surface area contributed by atoms with E-state index >= 15 is 0 Å². The Morgan fingerprint density at radius 2 is 2.31 bits per heavy atom. The molecule has 1 aromatic heterocycles. The van der Waals surface area contributed by atoms with Crippen LogP contribution >= 0.6 is 0 Å². The van der Waals surface area contributed by atoms with Crippen molar-refractivity contribution in [3.63, 3.8) is 0 Å². The quantitative estimate of drug-likeness (QED) is 0.731. The van der Waals surface area contributed by atoms with E-state index in [4.69, 9.17) is 5.73 Å². The van der Waals surface area contributed by atoms with Gasteiger partial charge in [-0.15, -0.1) is 0 Å². The fourth-order valence-electron chi connectivity index (χ4n) is 1.71. The highest BCUT2D eigenvalue weighted by Crippen LogP contribution is 2.07. The van der Waals surface area contributed by atoms with Crippen LogP contribution < -0.4 is 11.1 Å². The molecule has 0 aliphatic heterocycles. The smallest absolute Gasteiger partial charge is 0.234 e. The van der Waals surface area contributed by atoms with Crippen molar-refractivity contribution in [3.05, 3.63) is 17.5 Å². The van der Waals surface area contributed by atoms with Gasteiger partial charge in [0.15, 0.2) is 0 Å². The molecular formula is C11H20N4O. The van der Waals surface area contributed by atoms with Gasteiger partial charge in [-0.2, -0.15) is 5.10 Å². The molecule has 0 saturated heterocycles. The van der Waals surface area contributed by atoms with Gasteiger partial charge in [-0.1, -0.05) is 13.8 Å². The molecule has 0 fully saturated rings. The summed E-state index contributed by atoms with van der Waals surface area (Å²) in [7, 11) is 1.90. The number of aromatic nitrogens is 2. The Balaban J connectivity index is 2.62. The Labute approximate surface area is 96.0 Å². The molecule has 1 atom stereocenters. The molecule has 1 rings (SSSR count). The zero-order valence-corrected chi connectivity index (χ0v) is 10.2. The van der Waals surface area contributed by atoms with Crippen LogP contribution in [0.5, 0.6) is 0 Å². The average molecular weight is 224 g/mol. The van der Waals surface area contributed by atoms with Crippen LogP contribution in [0.15, 0.2) is 6.20 Å². The van der Waals surface area contributed by atoms with E-state index in [1.165, 1.54) is 0 Å². The Kier molecular flexibility index (Phi) is 4.49. The van der Waals surface area contributed by atoms with Crippen molar-refractivity contribution in [2.24, 2.45) is 12.8 Å². The molecule has 90 valence electrons. The molecule has 1 heterocycles. The number of rotatable bonds is 6. The number of nitrogens with zero attached hydrogens (tertiary/aromatic N) is 2. The highest BCUT2D eigenvalue weighted by molar-refractivity contribution is 5.79. The van der Waals surface area contributed by atoms with E-state index in [0.717, 1.165) is 17.7 Å². The maximum absolute atomic E-state index is 11.1. The predicted octanol–water partition coefficient (Wildman–Crippen LogP) is 0.336. The van der Waals surface area contributed by atoms with Crippen LogP contribution in [0.4, 0.5) is 0 Å². The molecule has 1 unspecified atom stereocenters. The third kappa shape index (κ3) is 3.06. The summed E-state index contributed by atoms with van der Waals surface area (Å²) in [5.74, 6) is -0.301. The van der Waals surface area contributed by atoms with Gasteiger partial charge in [0.25, 0.3) is 0 Å². The zero-order chi connectivity index (χ0) is 12.1. The van der Waals surface area contributed by atoms with E-state index in [2.05, 4.69) is 17.3 Å². The molecule has 0 saturated carbocycles. The largest absolute Gasteiger partial charge is 0.368 e. The predicted molar refractivity (Wildman–Crippen MR) is 62.7 cm³/mol. The molecule has 0 aliphatic carbocycles. The van der Waals surface area contributed by atoms with Gasteiger partial charge in [-0.25, -0.2) is 0 Å². The first kappa shape index (κ1) is 12.7. The van der Waals surface area contributed by atoms with E-state index in [1.807, 2.05) is 20.2 Å². The van der Waals surface area contributed by atoms with Gasteiger partial charge in [0.2, 0.25) is 5.91 Å². The van der Waals surface area contributed by atoms with Crippen molar-refractivity contribution in [3.8, 4) is 0 Å². The summed E-state index contributed by atoms with van der Waals surface area (Å²) < 4.78 is 1.79. The lowest BCUT2D eigenvalue weighted by atomic mass is 10.1. The summed E-state index contributed by atoms with van der Waals surface area (Å²) in [6, 6.07) is -0.259. The summed E-state index contributed by atoms with van der Waals surface area (Å²) >= 11 is 0. The Bertz CT molecular complexity index is 359. The molecular weight excluding hydrogens is 204 g/mol. The summed E-state index contributed by atoms with van der Waals surface area (Å²) in [6.45, 7) is 4.64. The van der Waals surface area contributed by atoms with Crippen LogP contribution in [0.25, 0.3) is 0 Å². The minimum atomic E-state index is -0.301. The van der Waals surface area contributed by atoms with Crippen LogP contribution in [-0.2, 0) is 24.8 Å². The van der Waals surface area contributed by atoms with Crippen LogP contribution in [0.2, 0.25) is 0 Å². The second-order valence-corrected chi connectivity index (χ2v) is 3.87. The number of carbonyl (C=O) groups is 1. The lowest BCUT2D eigenvalue weighted by Gasteiger charge is -2.12. The Hall–Kier alpha value is -1.36. The topological polar surface area (TPSA) is 72.9 Å². The van der Waals surface area contributed by atoms with Gasteiger partial charge in [0.05, 0.1) is 11.7 Å². The first-order chi connectivity index (χ1) is 7.58. The van der Waals surface area contributed by atoms with Crippen LogP contribution in [0.3, 0.4) is 0 Å². The first-order valence-electron chi connectivity index (χ1n) is 5.62. The monoisotopic (exact) mass is 224 g/mol. The normalized spacial score (nSPS) is 12.7. The van der Waals surface area contributed by atoms with Crippen molar-refractivity contribution in [2.75, 3.05) is 0 Å². The van der Waals surface area contributed by atoms with Gasteiger partial charge >= 0.3 is 0 Å². The van der Waals surface area contributed by atoms with Crippen molar-refractivity contribution < 1.29 is 4.79 Å². The molecule has 5 heteroatoms. The summed E-state index contributed by atoms with van der Waals surface area (Å²) in [4.78, 5) is 11.1. The Morgan fingerprint density at radius 1 is 1.62 bits per heavy atom. The highest BCUT2D eigenvalue weighted by Gasteiger charge is 2.13. The molecule has 3 N–H and O–H groups in total. The fraction of sp³-hybridized carbons (Fsp3) is 0.636. The molecule has 0 bridgehead atoms. The Morgan fingerprint density at radius 3 is 2.81 bits per heavy atom. The van der Waals surface area contributed by atoms with E-state index in [1.54, 1.807) is 4.68 Å². The van der Waals surface area contributed by atoms with Gasteiger partial charge in [0.1, 0.15) is 0 Å². The van der Waals surface area contributed by atoms with Crippen molar-refractivity contribution in [2.45, 2.75) is 39.3 Å². The van der Waals surface area contributed by atoms with Gasteiger partial charge in [0, 0.05) is 25.4 Å². The van der Waals surface area contributed by atoms with Gasteiger partial charge in [-0.05, 0) is 12.8 Å². The molecule has 1 amide bonds. The average Bonchev–Trinajstić information content (AvgIpc) is 2.59. The summed E-state index contributed by atoms with van der Waals surface area (Å²) in [5, 5.41) is 7.48. The maximum Gasteiger partial charge on any atom is 0.234 e. The van der Waals surface area contributed by atoms with Crippen molar-refractivity contribution in [1.82, 2.24) is 15.1 Å². The highest BCUT2D eigenvalue weighted by atomic mass is 16.1. The first-order valence-corrected chi connectivity index (χ1v) is 5.62. The van der Waals surface area contributed by atoms with Crippen molar-refractivity contribution >= 4 is 5.91 Å². The van der Waals surface area contributed by atoms with E-state index < -0.39 is 0 Å². The van der Waals surface area contributed by atoms with Crippen LogP contribution in [0, 0.1) is 0 Å². The molecule has 0 aliphatic rings. The SMILES string of the molecule is CCc1nn(C)cc1CNC(CC)C(N)=O. The molecule has 16 heavy (non-hydrogen) atoms. The number of hydrogen-bond acceptors (Lipinski definition) is 3. The standard InChI is InChI=1S/C11H20N4O/c1-4-9-8(7-15(3)14-9)6-13-10(5-2)11(12)16/h7,10,13H,4-6H2,1-3H3,(H2,12,16). The third-order valence-corrected chi connectivity index (χ3v) is 2.62. The summed E-state index contributed by atoms with van der Waals surface area (Å²) in [6.07, 6.45) is 3.57. The number of nitrogens with one attached hydrogen (secondary N) is 1. The van der Waals surface area contributed by atoms with Gasteiger partial charge in [-0.3, -0.25) is 9.48 Å². The van der Waals surface area contributed by atoms with Crippen molar-refractivity contribution in [1.29, 1.82) is 0 Å². The number of amides is 1.